The number of aromatic carboxylic acids is 1. The summed E-state index contributed by atoms with van der Waals surface area (Å²) in [5.74, 6) is 0.922. The van der Waals surface area contributed by atoms with Crippen LogP contribution in [0.25, 0.3) is 0 Å². The second-order valence-electron chi connectivity index (χ2n) is 5.35. The van der Waals surface area contributed by atoms with Crippen molar-refractivity contribution in [3.05, 3.63) is 17.5 Å². The third-order valence-corrected chi connectivity index (χ3v) is 4.28. The first-order chi connectivity index (χ1) is 9.02. The minimum Gasteiger partial charge on any atom is -0.478 e. The van der Waals surface area contributed by atoms with E-state index in [2.05, 4.69) is 29.1 Å². The number of nitrogens with zero attached hydrogens (tertiary/aromatic N) is 2. The fourth-order valence-electron chi connectivity index (χ4n) is 2.94. The van der Waals surface area contributed by atoms with Gasteiger partial charge in [-0.25, -0.2) is 14.8 Å². The Bertz CT molecular complexity index is 476. The van der Waals surface area contributed by atoms with Crippen LogP contribution in [0.4, 0.5) is 5.95 Å². The van der Waals surface area contributed by atoms with Gasteiger partial charge >= 0.3 is 5.97 Å². The summed E-state index contributed by atoms with van der Waals surface area (Å²) in [6.45, 7) is 6.19. The topological polar surface area (TPSA) is 75.1 Å². The molecule has 1 saturated carbocycles. The standard InChI is InChI=1S/C14H21N3O2/c1-4-10-5-6-12(8(10)2)17-14-15-7-11(13(18)19)9(3)16-14/h7-8,10,12H,4-6H2,1-3H3,(H,18,19)(H,15,16,17). The van der Waals surface area contributed by atoms with Gasteiger partial charge in [-0.15, -0.1) is 0 Å². The van der Waals surface area contributed by atoms with E-state index in [9.17, 15) is 4.79 Å². The second kappa shape index (κ2) is 5.55. The van der Waals surface area contributed by atoms with Crippen LogP contribution in [0.2, 0.25) is 0 Å². The van der Waals surface area contributed by atoms with Crippen LogP contribution in [0.1, 0.15) is 49.2 Å². The van der Waals surface area contributed by atoms with Crippen molar-refractivity contribution in [1.82, 2.24) is 9.97 Å². The molecule has 0 spiro atoms. The molecule has 1 aliphatic carbocycles. The quantitative estimate of drug-likeness (QED) is 0.873. The number of carboxylic acids is 1. The highest BCUT2D eigenvalue weighted by molar-refractivity contribution is 5.88. The summed E-state index contributed by atoms with van der Waals surface area (Å²) in [4.78, 5) is 19.3. The van der Waals surface area contributed by atoms with Gasteiger partial charge in [0, 0.05) is 12.2 Å². The Morgan fingerprint density at radius 1 is 1.53 bits per heavy atom. The molecule has 2 rings (SSSR count). The lowest BCUT2D eigenvalue weighted by atomic mass is 9.94. The zero-order chi connectivity index (χ0) is 14.0. The van der Waals surface area contributed by atoms with Gasteiger partial charge in [-0.3, -0.25) is 0 Å². The van der Waals surface area contributed by atoms with Crippen LogP contribution in [0.3, 0.4) is 0 Å². The van der Waals surface area contributed by atoms with Crippen molar-refractivity contribution in [1.29, 1.82) is 0 Å². The highest BCUT2D eigenvalue weighted by Crippen LogP contribution is 2.35. The highest BCUT2D eigenvalue weighted by Gasteiger charge is 2.31. The van der Waals surface area contributed by atoms with Crippen molar-refractivity contribution in [2.24, 2.45) is 11.8 Å². The highest BCUT2D eigenvalue weighted by atomic mass is 16.4. The number of carboxylic acid groups (broad SMARTS) is 1. The maximum Gasteiger partial charge on any atom is 0.339 e. The van der Waals surface area contributed by atoms with Crippen LogP contribution in [0, 0.1) is 18.8 Å². The first kappa shape index (κ1) is 13.8. The number of aryl methyl sites for hydroxylation is 1. The molecule has 2 N–H and O–H groups in total. The molecule has 5 heteroatoms. The lowest BCUT2D eigenvalue weighted by Gasteiger charge is -2.21. The third-order valence-electron chi connectivity index (χ3n) is 4.28. The van der Waals surface area contributed by atoms with Crippen LogP contribution < -0.4 is 5.32 Å². The Morgan fingerprint density at radius 3 is 2.79 bits per heavy atom. The Morgan fingerprint density at radius 2 is 2.26 bits per heavy atom. The molecule has 1 aliphatic rings. The van der Waals surface area contributed by atoms with Crippen molar-refractivity contribution in [3.63, 3.8) is 0 Å². The average molecular weight is 263 g/mol. The zero-order valence-electron chi connectivity index (χ0n) is 11.7. The first-order valence-corrected chi connectivity index (χ1v) is 6.86. The van der Waals surface area contributed by atoms with Gasteiger partial charge in [0.05, 0.1) is 11.3 Å². The molecular formula is C14H21N3O2. The van der Waals surface area contributed by atoms with Crippen LogP contribution >= 0.6 is 0 Å². The van der Waals surface area contributed by atoms with E-state index >= 15 is 0 Å². The summed E-state index contributed by atoms with van der Waals surface area (Å²) < 4.78 is 0. The van der Waals surface area contributed by atoms with Crippen molar-refractivity contribution in [3.8, 4) is 0 Å². The summed E-state index contributed by atoms with van der Waals surface area (Å²) in [6.07, 6.45) is 4.95. The molecule has 3 unspecified atom stereocenters. The molecule has 5 nitrogen and oxygen atoms in total. The number of aromatic nitrogens is 2. The minimum absolute atomic E-state index is 0.163. The van der Waals surface area contributed by atoms with Gasteiger partial charge in [0.1, 0.15) is 0 Å². The van der Waals surface area contributed by atoms with Crippen LogP contribution in [0.15, 0.2) is 6.20 Å². The van der Waals surface area contributed by atoms with Gasteiger partial charge in [-0.1, -0.05) is 20.3 Å². The molecular weight excluding hydrogens is 242 g/mol. The van der Waals surface area contributed by atoms with Gasteiger partial charge < -0.3 is 10.4 Å². The molecule has 0 saturated heterocycles. The van der Waals surface area contributed by atoms with Gasteiger partial charge in [0.25, 0.3) is 0 Å². The second-order valence-corrected chi connectivity index (χ2v) is 5.35. The van der Waals surface area contributed by atoms with E-state index in [1.807, 2.05) is 0 Å². The first-order valence-electron chi connectivity index (χ1n) is 6.86. The lowest BCUT2D eigenvalue weighted by molar-refractivity contribution is 0.0695. The summed E-state index contributed by atoms with van der Waals surface area (Å²) in [5.41, 5.74) is 0.666. The molecule has 1 fully saturated rings. The molecule has 19 heavy (non-hydrogen) atoms. The van der Waals surface area contributed by atoms with Gasteiger partial charge in [0.2, 0.25) is 5.95 Å². The van der Waals surface area contributed by atoms with Crippen LogP contribution in [-0.4, -0.2) is 27.1 Å². The maximum absolute atomic E-state index is 10.9. The number of anilines is 1. The maximum atomic E-state index is 10.9. The molecule has 0 radical (unpaired) electrons. The molecule has 1 heterocycles. The minimum atomic E-state index is -0.982. The molecule has 1 aromatic heterocycles. The van der Waals surface area contributed by atoms with Crippen LogP contribution in [0.5, 0.6) is 0 Å². The third kappa shape index (κ3) is 2.85. The summed E-state index contributed by atoms with van der Waals surface area (Å²) in [6, 6.07) is 0.389. The number of rotatable bonds is 4. The molecule has 3 atom stereocenters. The molecule has 0 aliphatic heterocycles. The average Bonchev–Trinajstić information content (AvgIpc) is 2.70. The SMILES string of the molecule is CCC1CCC(Nc2ncc(C(=O)O)c(C)n2)C1C. The summed E-state index contributed by atoms with van der Waals surface area (Å²) in [5, 5.41) is 12.3. The Labute approximate surface area is 113 Å². The zero-order valence-corrected chi connectivity index (χ0v) is 11.7. The molecule has 1 aromatic rings. The van der Waals surface area contributed by atoms with E-state index in [0.29, 0.717) is 23.6 Å². The summed E-state index contributed by atoms with van der Waals surface area (Å²) >= 11 is 0. The van der Waals surface area contributed by atoms with E-state index < -0.39 is 5.97 Å². The van der Waals surface area contributed by atoms with Crippen molar-refractivity contribution < 1.29 is 9.90 Å². The van der Waals surface area contributed by atoms with Crippen molar-refractivity contribution in [2.45, 2.75) is 46.1 Å². The van der Waals surface area contributed by atoms with E-state index in [-0.39, 0.29) is 5.56 Å². The van der Waals surface area contributed by atoms with Gasteiger partial charge in [-0.2, -0.15) is 0 Å². The van der Waals surface area contributed by atoms with E-state index in [0.717, 1.165) is 12.3 Å². The number of carbonyl (C=O) groups is 1. The number of hydrogen-bond donors (Lipinski definition) is 2. The van der Waals surface area contributed by atoms with E-state index in [4.69, 9.17) is 5.11 Å². The lowest BCUT2D eigenvalue weighted by Crippen LogP contribution is -2.26. The Kier molecular flexibility index (Phi) is 4.02. The summed E-state index contributed by atoms with van der Waals surface area (Å²) in [7, 11) is 0. The number of hydrogen-bond acceptors (Lipinski definition) is 4. The Balaban J connectivity index is 2.08. The largest absolute Gasteiger partial charge is 0.478 e. The van der Waals surface area contributed by atoms with Crippen molar-refractivity contribution in [2.75, 3.05) is 5.32 Å². The fourth-order valence-corrected chi connectivity index (χ4v) is 2.94. The smallest absolute Gasteiger partial charge is 0.339 e. The normalized spacial score (nSPS) is 26.4. The van der Waals surface area contributed by atoms with Gasteiger partial charge in [-0.05, 0) is 31.6 Å². The van der Waals surface area contributed by atoms with E-state index in [1.54, 1.807) is 6.92 Å². The monoisotopic (exact) mass is 263 g/mol. The molecule has 104 valence electrons. The van der Waals surface area contributed by atoms with Gasteiger partial charge in [0.15, 0.2) is 0 Å². The predicted octanol–water partition coefficient (Wildman–Crippen LogP) is 2.72. The predicted molar refractivity (Wildman–Crippen MR) is 73.3 cm³/mol. The molecule has 0 bridgehead atoms. The Hall–Kier alpha value is -1.65. The van der Waals surface area contributed by atoms with Crippen LogP contribution in [-0.2, 0) is 0 Å². The number of nitrogens with one attached hydrogen (secondary N) is 1. The van der Waals surface area contributed by atoms with E-state index in [1.165, 1.54) is 19.0 Å². The molecule has 0 aromatic carbocycles. The molecule has 0 amide bonds. The van der Waals surface area contributed by atoms with Crippen molar-refractivity contribution >= 4 is 11.9 Å². The fraction of sp³-hybridized carbons (Fsp3) is 0.643.